The number of nitrogens with one attached hydrogen (secondary N) is 1. The number of carbonyl (C=O) groups excluding carboxylic acids is 1. The molecule has 1 aromatic heterocycles. The van der Waals surface area contributed by atoms with E-state index in [1.165, 1.54) is 12.1 Å². The quantitative estimate of drug-likeness (QED) is 0.850. The summed E-state index contributed by atoms with van der Waals surface area (Å²) >= 11 is 0. The van der Waals surface area contributed by atoms with Crippen molar-refractivity contribution in [2.24, 2.45) is 0 Å². The van der Waals surface area contributed by atoms with Crippen LogP contribution < -0.4 is 5.32 Å². The van der Waals surface area contributed by atoms with Crippen LogP contribution in [-0.4, -0.2) is 39.7 Å². The van der Waals surface area contributed by atoms with Crippen LogP contribution in [-0.2, 0) is 17.9 Å². The number of likely N-dealkylation sites (N-methyl/N-ethyl adjacent to an activating group) is 1. The van der Waals surface area contributed by atoms with Crippen LogP contribution in [0.5, 0.6) is 0 Å². The van der Waals surface area contributed by atoms with Gasteiger partial charge in [-0.05, 0) is 37.6 Å². The molecule has 0 spiro atoms. The van der Waals surface area contributed by atoms with Crippen molar-refractivity contribution in [2.75, 3.05) is 7.05 Å². The fraction of sp³-hybridized carbons (Fsp3) is 0.412. The van der Waals surface area contributed by atoms with Gasteiger partial charge in [0, 0.05) is 32.0 Å². The van der Waals surface area contributed by atoms with Crippen molar-refractivity contribution in [3.63, 3.8) is 0 Å². The van der Waals surface area contributed by atoms with Crippen molar-refractivity contribution in [3.8, 4) is 0 Å². The Bertz CT molecular complexity index is 629. The van der Waals surface area contributed by atoms with E-state index in [4.69, 9.17) is 0 Å². The zero-order chi connectivity index (χ0) is 16.8. The fourth-order valence-electron chi connectivity index (χ4n) is 2.56. The third-order valence-electron chi connectivity index (χ3n) is 3.61. The number of halogens is 1. The first-order valence-corrected chi connectivity index (χ1v) is 7.68. The van der Waals surface area contributed by atoms with E-state index in [1.807, 2.05) is 36.9 Å². The molecule has 124 valence electrons. The van der Waals surface area contributed by atoms with E-state index >= 15 is 0 Å². The summed E-state index contributed by atoms with van der Waals surface area (Å²) in [5.41, 5.74) is 0.776. The monoisotopic (exact) mass is 318 g/mol. The van der Waals surface area contributed by atoms with Crippen LogP contribution in [0.15, 0.2) is 42.7 Å². The molecule has 0 saturated carbocycles. The fourth-order valence-corrected chi connectivity index (χ4v) is 2.56. The Morgan fingerprint density at radius 2 is 2.17 bits per heavy atom. The number of carbonyl (C=O) groups is 1. The van der Waals surface area contributed by atoms with Crippen molar-refractivity contribution in [3.05, 3.63) is 54.1 Å². The Kier molecular flexibility index (Phi) is 5.87. The van der Waals surface area contributed by atoms with Crippen LogP contribution in [0.25, 0.3) is 0 Å². The Hall–Kier alpha value is -2.21. The molecule has 1 N–H and O–H groups in total. The van der Waals surface area contributed by atoms with E-state index in [2.05, 4.69) is 10.4 Å². The third kappa shape index (κ3) is 5.17. The molecule has 0 aliphatic carbocycles. The number of benzene rings is 1. The molecule has 5 nitrogen and oxygen atoms in total. The summed E-state index contributed by atoms with van der Waals surface area (Å²) in [7, 11) is 1.73. The lowest BCUT2D eigenvalue weighted by Crippen LogP contribution is -2.47. The topological polar surface area (TPSA) is 50.2 Å². The molecule has 0 aliphatic rings. The molecule has 6 heteroatoms. The minimum atomic E-state index is -0.320. The maximum absolute atomic E-state index is 13.2. The predicted molar refractivity (Wildman–Crippen MR) is 87.2 cm³/mol. The molecule has 0 radical (unpaired) electrons. The molecule has 2 rings (SSSR count). The van der Waals surface area contributed by atoms with Gasteiger partial charge in [0.1, 0.15) is 5.82 Å². The van der Waals surface area contributed by atoms with Gasteiger partial charge in [-0.25, -0.2) is 4.39 Å². The maximum Gasteiger partial charge on any atom is 0.239 e. The molecule has 0 bridgehead atoms. The molecule has 1 heterocycles. The lowest BCUT2D eigenvalue weighted by Gasteiger charge is -2.25. The molecule has 1 aromatic carbocycles. The summed E-state index contributed by atoms with van der Waals surface area (Å²) in [6.07, 6.45) is 3.62. The predicted octanol–water partition coefficient (Wildman–Crippen LogP) is 2.05. The number of hydrogen-bond acceptors (Lipinski definition) is 3. The first-order chi connectivity index (χ1) is 11.0. The Morgan fingerprint density at radius 3 is 2.83 bits per heavy atom. The van der Waals surface area contributed by atoms with Crippen LogP contribution in [0.2, 0.25) is 0 Å². The van der Waals surface area contributed by atoms with Gasteiger partial charge < -0.3 is 10.2 Å². The highest BCUT2D eigenvalue weighted by Crippen LogP contribution is 2.07. The summed E-state index contributed by atoms with van der Waals surface area (Å²) in [6, 6.07) is 7.96. The second-order valence-corrected chi connectivity index (χ2v) is 5.84. The number of aromatic nitrogens is 2. The standard InChI is InChI=1S/C17H23FN4O/c1-13(11-22-9-5-8-19-22)20-14(2)17(23)21(3)12-15-6-4-7-16(18)10-15/h4-10,13-14,20H,11-12H2,1-3H3/t13-,14-/m1/s1. The van der Waals surface area contributed by atoms with E-state index in [9.17, 15) is 9.18 Å². The van der Waals surface area contributed by atoms with Gasteiger partial charge in [-0.1, -0.05) is 12.1 Å². The molecule has 0 saturated heterocycles. The van der Waals surface area contributed by atoms with Gasteiger partial charge in [-0.3, -0.25) is 9.48 Å². The van der Waals surface area contributed by atoms with Crippen molar-refractivity contribution < 1.29 is 9.18 Å². The first kappa shape index (κ1) is 17.1. The average Bonchev–Trinajstić information content (AvgIpc) is 2.99. The SMILES string of the molecule is C[C@H](Cn1cccn1)N[C@H](C)C(=O)N(C)Cc1cccc(F)c1. The Labute approximate surface area is 136 Å². The highest BCUT2D eigenvalue weighted by atomic mass is 19.1. The smallest absolute Gasteiger partial charge is 0.239 e. The van der Waals surface area contributed by atoms with E-state index in [0.29, 0.717) is 13.1 Å². The minimum Gasteiger partial charge on any atom is -0.340 e. The molecular formula is C17H23FN4O. The molecule has 0 fully saturated rings. The van der Waals surface area contributed by atoms with Gasteiger partial charge >= 0.3 is 0 Å². The van der Waals surface area contributed by atoms with Crippen LogP contribution in [0.3, 0.4) is 0 Å². The summed E-state index contributed by atoms with van der Waals surface area (Å²) in [4.78, 5) is 14.0. The molecule has 1 amide bonds. The molecule has 0 unspecified atom stereocenters. The number of rotatable bonds is 7. The average molecular weight is 318 g/mol. The zero-order valence-corrected chi connectivity index (χ0v) is 13.7. The van der Waals surface area contributed by atoms with Gasteiger partial charge in [0.05, 0.1) is 12.6 Å². The van der Waals surface area contributed by atoms with Gasteiger partial charge in [-0.15, -0.1) is 0 Å². The Morgan fingerprint density at radius 1 is 1.39 bits per heavy atom. The normalized spacial score (nSPS) is 13.6. The lowest BCUT2D eigenvalue weighted by molar-refractivity contribution is -0.132. The van der Waals surface area contributed by atoms with Crippen LogP contribution >= 0.6 is 0 Å². The highest BCUT2D eigenvalue weighted by molar-refractivity contribution is 5.81. The third-order valence-corrected chi connectivity index (χ3v) is 3.61. The maximum atomic E-state index is 13.2. The van der Waals surface area contributed by atoms with Gasteiger partial charge in [0.2, 0.25) is 5.91 Å². The number of hydrogen-bond donors (Lipinski definition) is 1. The second-order valence-electron chi connectivity index (χ2n) is 5.84. The summed E-state index contributed by atoms with van der Waals surface area (Å²) < 4.78 is 15.0. The van der Waals surface area contributed by atoms with Crippen molar-refractivity contribution in [1.29, 1.82) is 0 Å². The molecule has 23 heavy (non-hydrogen) atoms. The van der Waals surface area contributed by atoms with Crippen molar-refractivity contribution in [1.82, 2.24) is 20.0 Å². The largest absolute Gasteiger partial charge is 0.340 e. The van der Waals surface area contributed by atoms with Gasteiger partial charge in [0.15, 0.2) is 0 Å². The first-order valence-electron chi connectivity index (χ1n) is 7.68. The number of nitrogens with zero attached hydrogens (tertiary/aromatic N) is 3. The van der Waals surface area contributed by atoms with Crippen LogP contribution in [0, 0.1) is 5.82 Å². The number of amides is 1. The van der Waals surface area contributed by atoms with Gasteiger partial charge in [-0.2, -0.15) is 5.10 Å². The van der Waals surface area contributed by atoms with E-state index in [-0.39, 0.29) is 23.8 Å². The van der Waals surface area contributed by atoms with E-state index in [1.54, 1.807) is 24.2 Å². The van der Waals surface area contributed by atoms with Gasteiger partial charge in [0.25, 0.3) is 0 Å². The van der Waals surface area contributed by atoms with E-state index < -0.39 is 0 Å². The molecular weight excluding hydrogens is 295 g/mol. The molecule has 0 aliphatic heterocycles. The van der Waals surface area contributed by atoms with Crippen molar-refractivity contribution in [2.45, 2.75) is 39.0 Å². The van der Waals surface area contributed by atoms with Crippen molar-refractivity contribution >= 4 is 5.91 Å². The summed E-state index contributed by atoms with van der Waals surface area (Å²) in [5.74, 6) is -0.316. The molecule has 2 aromatic rings. The van der Waals surface area contributed by atoms with Crippen LogP contribution in [0.1, 0.15) is 19.4 Å². The van der Waals surface area contributed by atoms with E-state index in [0.717, 1.165) is 5.56 Å². The van der Waals surface area contributed by atoms with Crippen LogP contribution in [0.4, 0.5) is 4.39 Å². The zero-order valence-electron chi connectivity index (χ0n) is 13.7. The highest BCUT2D eigenvalue weighted by Gasteiger charge is 2.19. The Balaban J connectivity index is 1.85. The molecule has 2 atom stereocenters. The second kappa shape index (κ2) is 7.87. The summed E-state index contributed by atoms with van der Waals surface area (Å²) in [5, 5.41) is 7.42. The minimum absolute atomic E-state index is 0.0263. The summed E-state index contributed by atoms with van der Waals surface area (Å²) in [6.45, 7) is 4.93. The lowest BCUT2D eigenvalue weighted by atomic mass is 10.2.